The van der Waals surface area contributed by atoms with Gasteiger partial charge in [0.05, 0.1) is 12.7 Å². The number of carbonyl (C=O) groups is 3. The Morgan fingerprint density at radius 1 is 0.897 bits per heavy atom. The highest BCUT2D eigenvalue weighted by Gasteiger charge is 2.15. The molecule has 0 saturated heterocycles. The Morgan fingerprint density at radius 3 is 2.41 bits per heavy atom. The van der Waals surface area contributed by atoms with Crippen molar-refractivity contribution in [1.82, 2.24) is 10.9 Å². The minimum absolute atomic E-state index is 0.0283. The normalized spacial score (nSPS) is 10.4. The molecule has 6 nitrogen and oxygen atoms in total. The fraction of sp³-hybridized carbons (Fsp3) is 0.136. The molecule has 0 unspecified atom stereocenters. The van der Waals surface area contributed by atoms with Crippen molar-refractivity contribution in [3.8, 4) is 5.75 Å². The first-order valence-electron chi connectivity index (χ1n) is 8.92. The third-order valence-corrected chi connectivity index (χ3v) is 4.61. The molecule has 3 aromatic rings. The number of ether oxygens (including phenoxy) is 1. The number of fused-ring (bicyclic) bond motifs is 1. The second kappa shape index (κ2) is 9.21. The molecule has 148 valence electrons. The van der Waals surface area contributed by atoms with E-state index < -0.39 is 11.8 Å². The maximum atomic E-state index is 12.4. The molecule has 0 aliphatic heterocycles. The van der Waals surface area contributed by atoms with E-state index in [1.807, 2.05) is 36.4 Å². The molecule has 0 aliphatic carbocycles. The van der Waals surface area contributed by atoms with Crippen LogP contribution in [0.3, 0.4) is 0 Å². The average molecular weight is 411 g/mol. The van der Waals surface area contributed by atoms with Crippen LogP contribution in [0.4, 0.5) is 0 Å². The van der Waals surface area contributed by atoms with Gasteiger partial charge in [0.15, 0.2) is 5.78 Å². The van der Waals surface area contributed by atoms with Crippen LogP contribution in [0.25, 0.3) is 10.8 Å². The molecule has 0 fully saturated rings. The molecule has 0 spiro atoms. The smallest absolute Gasteiger partial charge is 0.273 e. The van der Waals surface area contributed by atoms with Crippen LogP contribution in [0.15, 0.2) is 60.7 Å². The number of hydrogen-bond donors (Lipinski definition) is 2. The molecule has 29 heavy (non-hydrogen) atoms. The van der Waals surface area contributed by atoms with Crippen LogP contribution in [0.5, 0.6) is 5.75 Å². The summed E-state index contributed by atoms with van der Waals surface area (Å²) >= 11 is 5.90. The van der Waals surface area contributed by atoms with Crippen molar-refractivity contribution >= 4 is 40.0 Å². The molecule has 0 heterocycles. The van der Waals surface area contributed by atoms with Crippen molar-refractivity contribution < 1.29 is 19.1 Å². The van der Waals surface area contributed by atoms with Gasteiger partial charge in [-0.1, -0.05) is 48.0 Å². The fourth-order valence-corrected chi connectivity index (χ4v) is 3.02. The summed E-state index contributed by atoms with van der Waals surface area (Å²) in [5, 5.41) is 2.37. The van der Waals surface area contributed by atoms with Crippen LogP contribution in [0.1, 0.15) is 33.6 Å². The van der Waals surface area contributed by atoms with E-state index in [1.54, 1.807) is 18.2 Å². The summed E-state index contributed by atoms with van der Waals surface area (Å²) in [6.45, 7) is 0. The second-order valence-corrected chi connectivity index (χ2v) is 6.77. The van der Waals surface area contributed by atoms with E-state index >= 15 is 0 Å². The third-order valence-electron chi connectivity index (χ3n) is 4.37. The number of rotatable bonds is 6. The zero-order valence-electron chi connectivity index (χ0n) is 15.7. The number of halogens is 1. The topological polar surface area (TPSA) is 84.5 Å². The molecule has 3 rings (SSSR count). The number of nitrogens with one attached hydrogen (secondary N) is 2. The molecule has 2 amide bonds. The van der Waals surface area contributed by atoms with Crippen LogP contribution in [0, 0.1) is 0 Å². The number of benzene rings is 3. The third kappa shape index (κ3) is 5.12. The van der Waals surface area contributed by atoms with Crippen molar-refractivity contribution in [2.45, 2.75) is 12.8 Å². The van der Waals surface area contributed by atoms with Gasteiger partial charge in [0.1, 0.15) is 5.75 Å². The minimum atomic E-state index is -0.571. The van der Waals surface area contributed by atoms with Crippen LogP contribution in [-0.2, 0) is 4.79 Å². The quantitative estimate of drug-likeness (QED) is 0.476. The molecule has 0 atom stereocenters. The number of Topliss-reactive ketones (excluding diaryl/α,β-unsaturated/α-hetero) is 1. The van der Waals surface area contributed by atoms with Crippen molar-refractivity contribution in [1.29, 1.82) is 0 Å². The summed E-state index contributed by atoms with van der Waals surface area (Å²) in [6.07, 6.45) is -0.0286. The first-order valence-corrected chi connectivity index (χ1v) is 9.30. The van der Waals surface area contributed by atoms with Gasteiger partial charge in [-0.2, -0.15) is 0 Å². The summed E-state index contributed by atoms with van der Waals surface area (Å²) in [6, 6.07) is 17.7. The molecule has 0 aromatic heterocycles. The van der Waals surface area contributed by atoms with E-state index in [9.17, 15) is 14.4 Å². The van der Waals surface area contributed by atoms with Gasteiger partial charge in [-0.05, 0) is 35.0 Å². The Hall–Kier alpha value is -3.38. The predicted molar refractivity (Wildman–Crippen MR) is 111 cm³/mol. The first-order chi connectivity index (χ1) is 14.0. The molecular formula is C22H19ClN2O4. The van der Waals surface area contributed by atoms with Gasteiger partial charge in [-0.3, -0.25) is 25.2 Å². The minimum Gasteiger partial charge on any atom is -0.496 e. The number of hydrogen-bond acceptors (Lipinski definition) is 4. The van der Waals surface area contributed by atoms with Crippen LogP contribution in [0.2, 0.25) is 5.02 Å². The number of carbonyl (C=O) groups excluding carboxylic acids is 3. The summed E-state index contributed by atoms with van der Waals surface area (Å²) in [5.74, 6) is -0.867. The standard InChI is InChI=1S/C22H19ClN2O4/c1-29-20-10-8-17(23)13-18(20)22(28)25-24-21(27)11-9-19(26)16-7-6-14-4-2-3-5-15(14)12-16/h2-8,10,12-13H,9,11H2,1H3,(H,24,27)(H,25,28). The average Bonchev–Trinajstić information content (AvgIpc) is 2.75. The largest absolute Gasteiger partial charge is 0.496 e. The van der Waals surface area contributed by atoms with Crippen molar-refractivity contribution in [2.24, 2.45) is 0 Å². The maximum absolute atomic E-state index is 12.4. The lowest BCUT2D eigenvalue weighted by molar-refractivity contribution is -0.121. The maximum Gasteiger partial charge on any atom is 0.273 e. The lowest BCUT2D eigenvalue weighted by atomic mass is 10.0. The van der Waals surface area contributed by atoms with E-state index in [1.165, 1.54) is 13.2 Å². The van der Waals surface area contributed by atoms with Gasteiger partial charge >= 0.3 is 0 Å². The van der Waals surface area contributed by atoms with E-state index in [4.69, 9.17) is 16.3 Å². The molecule has 0 radical (unpaired) electrons. The van der Waals surface area contributed by atoms with E-state index in [0.29, 0.717) is 16.3 Å². The van der Waals surface area contributed by atoms with E-state index in [2.05, 4.69) is 10.9 Å². The predicted octanol–water partition coefficient (Wildman–Crippen LogP) is 3.93. The number of methoxy groups -OCH3 is 1. The summed E-state index contributed by atoms with van der Waals surface area (Å²) < 4.78 is 5.11. The molecular weight excluding hydrogens is 392 g/mol. The Morgan fingerprint density at radius 2 is 1.66 bits per heavy atom. The van der Waals surface area contributed by atoms with Gasteiger partial charge < -0.3 is 4.74 Å². The summed E-state index contributed by atoms with van der Waals surface area (Å²) in [7, 11) is 1.43. The van der Waals surface area contributed by atoms with E-state index in [-0.39, 0.29) is 24.2 Å². The van der Waals surface area contributed by atoms with E-state index in [0.717, 1.165) is 10.8 Å². The Labute approximate surface area is 172 Å². The Balaban J connectivity index is 1.53. The highest BCUT2D eigenvalue weighted by molar-refractivity contribution is 6.31. The number of amides is 2. The van der Waals surface area contributed by atoms with Crippen LogP contribution < -0.4 is 15.6 Å². The van der Waals surface area contributed by atoms with Gasteiger partial charge in [0.25, 0.3) is 5.91 Å². The highest BCUT2D eigenvalue weighted by atomic mass is 35.5. The SMILES string of the molecule is COc1ccc(Cl)cc1C(=O)NNC(=O)CCC(=O)c1ccc2ccccc2c1. The molecule has 0 saturated carbocycles. The molecule has 0 bridgehead atoms. The lowest BCUT2D eigenvalue weighted by Gasteiger charge is -2.10. The molecule has 2 N–H and O–H groups in total. The summed E-state index contributed by atoms with van der Waals surface area (Å²) in [4.78, 5) is 36.6. The number of hydrazine groups is 1. The zero-order valence-corrected chi connectivity index (χ0v) is 16.5. The zero-order chi connectivity index (χ0) is 20.8. The first kappa shape index (κ1) is 20.4. The lowest BCUT2D eigenvalue weighted by Crippen LogP contribution is -2.41. The Bertz CT molecular complexity index is 1080. The van der Waals surface area contributed by atoms with Crippen molar-refractivity contribution in [3.05, 3.63) is 76.8 Å². The fourth-order valence-electron chi connectivity index (χ4n) is 2.85. The van der Waals surface area contributed by atoms with Crippen LogP contribution in [-0.4, -0.2) is 24.7 Å². The molecule has 3 aromatic carbocycles. The van der Waals surface area contributed by atoms with Crippen LogP contribution >= 0.6 is 11.6 Å². The van der Waals surface area contributed by atoms with Gasteiger partial charge in [-0.15, -0.1) is 0 Å². The number of ketones is 1. The molecule has 7 heteroatoms. The highest BCUT2D eigenvalue weighted by Crippen LogP contribution is 2.22. The Kier molecular flexibility index (Phi) is 6.46. The monoisotopic (exact) mass is 410 g/mol. The second-order valence-electron chi connectivity index (χ2n) is 6.33. The van der Waals surface area contributed by atoms with Gasteiger partial charge in [-0.25, -0.2) is 0 Å². The van der Waals surface area contributed by atoms with Gasteiger partial charge in [0.2, 0.25) is 5.91 Å². The van der Waals surface area contributed by atoms with Gasteiger partial charge in [0, 0.05) is 23.4 Å². The van der Waals surface area contributed by atoms with Crippen molar-refractivity contribution in [3.63, 3.8) is 0 Å². The van der Waals surface area contributed by atoms with Crippen molar-refractivity contribution in [2.75, 3.05) is 7.11 Å². The molecule has 0 aliphatic rings. The summed E-state index contributed by atoms with van der Waals surface area (Å²) in [5.41, 5.74) is 5.33.